The third-order valence-electron chi connectivity index (χ3n) is 8.21. The van der Waals surface area contributed by atoms with E-state index in [-0.39, 0.29) is 17.6 Å². The molecule has 2 saturated heterocycles. The van der Waals surface area contributed by atoms with Crippen molar-refractivity contribution in [3.63, 3.8) is 0 Å². The monoisotopic (exact) mass is 556 g/mol. The van der Waals surface area contributed by atoms with Crippen LogP contribution in [0.1, 0.15) is 49.3 Å². The van der Waals surface area contributed by atoms with Gasteiger partial charge < -0.3 is 15.2 Å². The minimum absolute atomic E-state index is 0.0987. The van der Waals surface area contributed by atoms with Gasteiger partial charge in [-0.05, 0) is 55.9 Å². The predicted octanol–water partition coefficient (Wildman–Crippen LogP) is 4.24. The topological polar surface area (TPSA) is 123 Å². The molecule has 12 heteroatoms. The van der Waals surface area contributed by atoms with Gasteiger partial charge in [0, 0.05) is 30.7 Å². The van der Waals surface area contributed by atoms with Gasteiger partial charge in [0.1, 0.15) is 11.9 Å². The Morgan fingerprint density at radius 3 is 2.42 bits per heavy atom. The number of hydrogen-bond acceptors (Lipinski definition) is 6. The maximum absolute atomic E-state index is 14.5. The van der Waals surface area contributed by atoms with Crippen molar-refractivity contribution >= 4 is 18.1 Å². The minimum Gasteiger partial charge on any atom is -0.478 e. The number of nitrogens with one attached hydrogen (secondary N) is 1. The van der Waals surface area contributed by atoms with Gasteiger partial charge in [0.25, 0.3) is 0 Å². The first-order valence-electron chi connectivity index (χ1n) is 13.0. The lowest BCUT2D eigenvalue weighted by atomic mass is 9.69. The first kappa shape index (κ1) is 27.5. The SMILES string of the molecule is N#CC1(c2ccccc2F)CCC(N2CC[C@@H](NC(=O)N3C(=O)O[C@@H](C(=O)O)[C@@H]3c3ccc(F)c(F)c3)C2)CC1. The summed E-state index contributed by atoms with van der Waals surface area (Å²) in [6.45, 7) is 1.10. The Hall–Kier alpha value is -4.11. The van der Waals surface area contributed by atoms with Crippen molar-refractivity contribution in [3.05, 3.63) is 71.0 Å². The van der Waals surface area contributed by atoms with E-state index in [9.17, 15) is 37.9 Å². The number of carbonyl (C=O) groups is 3. The van der Waals surface area contributed by atoms with E-state index in [0.717, 1.165) is 18.2 Å². The van der Waals surface area contributed by atoms with Crippen molar-refractivity contribution < 1.29 is 37.4 Å². The van der Waals surface area contributed by atoms with E-state index >= 15 is 0 Å². The average molecular weight is 557 g/mol. The lowest BCUT2D eigenvalue weighted by Gasteiger charge is -2.39. The third kappa shape index (κ3) is 4.97. The number of carbonyl (C=O) groups excluding carboxylic acids is 2. The summed E-state index contributed by atoms with van der Waals surface area (Å²) in [6.07, 6.45) is -0.120. The molecule has 1 saturated carbocycles. The van der Waals surface area contributed by atoms with Gasteiger partial charge in [-0.3, -0.25) is 4.90 Å². The molecule has 0 radical (unpaired) electrons. The number of aliphatic carboxylic acids is 1. The van der Waals surface area contributed by atoms with E-state index in [0.29, 0.717) is 55.7 Å². The average Bonchev–Trinajstić information content (AvgIpc) is 3.55. The molecule has 1 aliphatic carbocycles. The highest BCUT2D eigenvalue weighted by atomic mass is 19.2. The Bertz CT molecular complexity index is 1370. The van der Waals surface area contributed by atoms with Crippen LogP contribution in [-0.2, 0) is 14.9 Å². The molecule has 0 aromatic heterocycles. The van der Waals surface area contributed by atoms with Crippen molar-refractivity contribution in [2.75, 3.05) is 13.1 Å². The zero-order valence-electron chi connectivity index (χ0n) is 21.4. The van der Waals surface area contributed by atoms with E-state index in [1.807, 2.05) is 0 Å². The fraction of sp³-hybridized carbons (Fsp3) is 0.429. The number of carboxylic acids is 1. The second kappa shape index (κ2) is 10.8. The zero-order chi connectivity index (χ0) is 28.6. The molecule has 3 fully saturated rings. The van der Waals surface area contributed by atoms with E-state index < -0.39 is 53.1 Å². The molecule has 0 bridgehead atoms. The quantitative estimate of drug-likeness (QED) is 0.565. The van der Waals surface area contributed by atoms with Crippen LogP contribution >= 0.6 is 0 Å². The van der Waals surface area contributed by atoms with Crippen molar-refractivity contribution in [1.82, 2.24) is 15.1 Å². The van der Waals surface area contributed by atoms with Crippen LogP contribution in [0.15, 0.2) is 42.5 Å². The number of urea groups is 1. The van der Waals surface area contributed by atoms with Crippen molar-refractivity contribution in [3.8, 4) is 6.07 Å². The van der Waals surface area contributed by atoms with E-state index in [2.05, 4.69) is 16.3 Å². The maximum atomic E-state index is 14.5. The van der Waals surface area contributed by atoms with E-state index in [1.54, 1.807) is 18.2 Å². The van der Waals surface area contributed by atoms with Crippen LogP contribution in [-0.4, -0.2) is 64.3 Å². The molecule has 5 rings (SSSR count). The zero-order valence-corrected chi connectivity index (χ0v) is 21.4. The number of hydrogen-bond donors (Lipinski definition) is 2. The Kier molecular flexibility index (Phi) is 7.42. The molecule has 3 aliphatic rings. The molecular weight excluding hydrogens is 529 g/mol. The number of cyclic esters (lactones) is 1. The number of imide groups is 1. The van der Waals surface area contributed by atoms with Crippen LogP contribution in [0.3, 0.4) is 0 Å². The third-order valence-corrected chi connectivity index (χ3v) is 8.21. The number of likely N-dealkylation sites (tertiary alicyclic amines) is 1. The summed E-state index contributed by atoms with van der Waals surface area (Å²) in [5.41, 5.74) is -0.575. The molecule has 2 aromatic carbocycles. The lowest BCUT2D eigenvalue weighted by molar-refractivity contribution is -0.146. The van der Waals surface area contributed by atoms with Crippen LogP contribution in [0.2, 0.25) is 0 Å². The van der Waals surface area contributed by atoms with Gasteiger partial charge in [-0.25, -0.2) is 32.5 Å². The smallest absolute Gasteiger partial charge is 0.419 e. The Morgan fingerprint density at radius 1 is 1.05 bits per heavy atom. The van der Waals surface area contributed by atoms with Gasteiger partial charge in [-0.2, -0.15) is 5.26 Å². The minimum atomic E-state index is -1.79. The first-order valence-corrected chi connectivity index (χ1v) is 13.0. The summed E-state index contributed by atoms with van der Waals surface area (Å²) in [7, 11) is 0. The highest BCUT2D eigenvalue weighted by molar-refractivity contribution is 5.96. The standard InChI is InChI=1S/C28H27F3N4O5/c29-20-4-2-1-3-19(20)28(15-32)10-7-18(8-11-28)34-12-9-17(14-34)33-26(38)35-23(24(25(36)37)40-27(35)39)16-5-6-21(30)22(31)13-16/h1-6,13,17-18,23-24H,7-12,14H2,(H,33,38)(H,36,37)/t17-,18?,23+,24-,28?/m1/s1. The number of nitrogens with zero attached hydrogens (tertiary/aromatic N) is 3. The number of nitriles is 1. The number of carboxylic acid groups (broad SMARTS) is 1. The molecule has 40 heavy (non-hydrogen) atoms. The van der Waals surface area contributed by atoms with Gasteiger partial charge in [0.2, 0.25) is 6.10 Å². The summed E-state index contributed by atoms with van der Waals surface area (Å²) >= 11 is 0. The van der Waals surface area contributed by atoms with Gasteiger partial charge in [0.05, 0.1) is 11.5 Å². The van der Waals surface area contributed by atoms with Crippen LogP contribution in [0.25, 0.3) is 0 Å². The molecule has 2 aliphatic heterocycles. The van der Waals surface area contributed by atoms with Crippen LogP contribution in [0.4, 0.5) is 22.8 Å². The molecule has 0 unspecified atom stereocenters. The lowest BCUT2D eigenvalue weighted by Crippen LogP contribution is -2.48. The largest absolute Gasteiger partial charge is 0.478 e. The van der Waals surface area contributed by atoms with Gasteiger partial charge in [-0.1, -0.05) is 24.3 Å². The summed E-state index contributed by atoms with van der Waals surface area (Å²) < 4.78 is 46.8. The highest BCUT2D eigenvalue weighted by Crippen LogP contribution is 2.42. The fourth-order valence-electron chi connectivity index (χ4n) is 6.13. The molecule has 210 valence electrons. The number of halogens is 3. The summed E-state index contributed by atoms with van der Waals surface area (Å²) in [5, 5.41) is 22.2. The molecule has 0 spiro atoms. The van der Waals surface area contributed by atoms with Gasteiger partial charge in [0.15, 0.2) is 11.6 Å². The Morgan fingerprint density at radius 2 is 1.77 bits per heavy atom. The second-order valence-corrected chi connectivity index (χ2v) is 10.5. The van der Waals surface area contributed by atoms with Crippen LogP contribution in [0, 0.1) is 28.8 Å². The maximum Gasteiger partial charge on any atom is 0.419 e. The molecular formula is C28H27F3N4O5. The van der Waals surface area contributed by atoms with Crippen molar-refractivity contribution in [2.45, 2.75) is 61.7 Å². The number of ether oxygens (including phenoxy) is 1. The van der Waals surface area contributed by atoms with E-state index in [1.165, 1.54) is 6.07 Å². The Labute approximate surface area is 228 Å². The second-order valence-electron chi connectivity index (χ2n) is 10.5. The van der Waals surface area contributed by atoms with Crippen LogP contribution < -0.4 is 5.32 Å². The first-order chi connectivity index (χ1) is 19.1. The van der Waals surface area contributed by atoms with Crippen molar-refractivity contribution in [1.29, 1.82) is 5.26 Å². The summed E-state index contributed by atoms with van der Waals surface area (Å²) in [5.74, 6) is -4.34. The molecule has 2 aromatic rings. The van der Waals surface area contributed by atoms with E-state index in [4.69, 9.17) is 4.74 Å². The highest BCUT2D eigenvalue weighted by Gasteiger charge is 2.51. The number of rotatable bonds is 5. The van der Waals surface area contributed by atoms with Gasteiger partial charge >= 0.3 is 18.1 Å². The molecule has 2 N–H and O–H groups in total. The molecule has 2 heterocycles. The number of amides is 3. The number of benzene rings is 2. The van der Waals surface area contributed by atoms with Crippen LogP contribution in [0.5, 0.6) is 0 Å². The molecule has 9 nitrogen and oxygen atoms in total. The summed E-state index contributed by atoms with van der Waals surface area (Å²) in [6, 6.07) is 8.67. The predicted molar refractivity (Wildman–Crippen MR) is 133 cm³/mol. The molecule has 3 amide bonds. The Balaban J connectivity index is 1.24. The van der Waals surface area contributed by atoms with Crippen molar-refractivity contribution in [2.24, 2.45) is 0 Å². The fourth-order valence-corrected chi connectivity index (χ4v) is 6.13. The molecule has 3 atom stereocenters. The van der Waals surface area contributed by atoms with Gasteiger partial charge in [-0.15, -0.1) is 0 Å². The normalized spacial score (nSPS) is 28.6. The summed E-state index contributed by atoms with van der Waals surface area (Å²) in [4.78, 5) is 40.2.